The lowest BCUT2D eigenvalue weighted by atomic mass is 10.1. The zero-order valence-corrected chi connectivity index (χ0v) is 41.5. The van der Waals surface area contributed by atoms with Crippen molar-refractivity contribution in [3.63, 3.8) is 0 Å². The standard InChI is InChI=1S/C58H77N3O8/c1-3-5-7-9-11-13-15-17-19-21-23-25-43-65-52-35-27-48(28-36-52)57(63)68-54-39-31-47(32-40-54)56(62)67-46-50-45-61(60-59-50)51-33-41-55(42-34-51)69-58(64)49-29-37-53(38-30-49)66-44-26-24-22-20-18-16-14-12-10-8-6-4-2/h27-42,45H,3-26,43-44,46H2,1-2H3. The van der Waals surface area contributed by atoms with Crippen LogP contribution in [0.15, 0.2) is 103 Å². The molecule has 0 N–H and O–H groups in total. The van der Waals surface area contributed by atoms with E-state index in [1.54, 1.807) is 91.1 Å². The summed E-state index contributed by atoms with van der Waals surface area (Å²) in [5, 5.41) is 8.28. The summed E-state index contributed by atoms with van der Waals surface area (Å²) in [5.41, 5.74) is 2.22. The van der Waals surface area contributed by atoms with E-state index in [-0.39, 0.29) is 12.2 Å². The molecule has 0 radical (unpaired) electrons. The first-order valence-corrected chi connectivity index (χ1v) is 26.1. The van der Waals surface area contributed by atoms with E-state index < -0.39 is 17.9 Å². The number of ether oxygens (including phenoxy) is 5. The molecule has 5 rings (SSSR count). The first kappa shape index (κ1) is 54.0. The van der Waals surface area contributed by atoms with Crippen molar-refractivity contribution in [2.75, 3.05) is 13.2 Å². The molecule has 4 aromatic carbocycles. The number of hydrogen-bond acceptors (Lipinski definition) is 10. The third kappa shape index (κ3) is 21.5. The van der Waals surface area contributed by atoms with Gasteiger partial charge in [-0.2, -0.15) is 0 Å². The van der Waals surface area contributed by atoms with E-state index in [1.807, 2.05) is 0 Å². The molecular formula is C58H77N3O8. The number of unbranched alkanes of at least 4 members (excludes halogenated alkanes) is 22. The van der Waals surface area contributed by atoms with Gasteiger partial charge in [0.15, 0.2) is 0 Å². The van der Waals surface area contributed by atoms with Crippen LogP contribution in [-0.4, -0.2) is 46.1 Å². The monoisotopic (exact) mass is 944 g/mol. The van der Waals surface area contributed by atoms with Crippen LogP contribution in [0, 0.1) is 0 Å². The summed E-state index contributed by atoms with van der Waals surface area (Å²) in [5.74, 6) is 0.586. The quantitative estimate of drug-likeness (QED) is 0.0217. The summed E-state index contributed by atoms with van der Waals surface area (Å²) in [7, 11) is 0. The zero-order chi connectivity index (χ0) is 48.6. The number of benzene rings is 4. The minimum absolute atomic E-state index is 0.104. The van der Waals surface area contributed by atoms with Gasteiger partial charge >= 0.3 is 17.9 Å². The van der Waals surface area contributed by atoms with Gasteiger partial charge in [0, 0.05) is 0 Å². The molecule has 11 heteroatoms. The lowest BCUT2D eigenvalue weighted by Gasteiger charge is -2.08. The van der Waals surface area contributed by atoms with E-state index >= 15 is 0 Å². The Hall–Kier alpha value is -5.97. The fourth-order valence-electron chi connectivity index (χ4n) is 8.01. The Labute approximate surface area is 411 Å². The van der Waals surface area contributed by atoms with Crippen LogP contribution in [0.2, 0.25) is 0 Å². The van der Waals surface area contributed by atoms with Crippen molar-refractivity contribution in [3.8, 4) is 28.7 Å². The molecule has 0 atom stereocenters. The van der Waals surface area contributed by atoms with Crippen molar-refractivity contribution in [3.05, 3.63) is 126 Å². The normalized spacial score (nSPS) is 11.0. The minimum atomic E-state index is -0.565. The van der Waals surface area contributed by atoms with Crippen molar-refractivity contribution in [2.45, 2.75) is 175 Å². The molecule has 1 aromatic heterocycles. The second-order valence-electron chi connectivity index (χ2n) is 18.1. The van der Waals surface area contributed by atoms with Gasteiger partial charge in [0.1, 0.15) is 35.3 Å². The van der Waals surface area contributed by atoms with Gasteiger partial charge in [0.25, 0.3) is 0 Å². The van der Waals surface area contributed by atoms with E-state index in [0.29, 0.717) is 47.2 Å². The molecule has 0 aliphatic heterocycles. The van der Waals surface area contributed by atoms with Crippen LogP contribution in [0.1, 0.15) is 205 Å². The average molecular weight is 944 g/mol. The highest BCUT2D eigenvalue weighted by atomic mass is 16.5. The van der Waals surface area contributed by atoms with Gasteiger partial charge in [0.2, 0.25) is 0 Å². The van der Waals surface area contributed by atoms with Gasteiger partial charge in [-0.05, 0) is 110 Å². The summed E-state index contributed by atoms with van der Waals surface area (Å²) < 4.78 is 29.9. The molecule has 0 aliphatic carbocycles. The molecular weight excluding hydrogens is 867 g/mol. The van der Waals surface area contributed by atoms with E-state index in [9.17, 15) is 14.4 Å². The van der Waals surface area contributed by atoms with Crippen LogP contribution in [0.3, 0.4) is 0 Å². The second kappa shape index (κ2) is 32.7. The molecule has 0 saturated heterocycles. The summed E-state index contributed by atoms with van der Waals surface area (Å²) in [6.45, 7) is 5.73. The molecule has 0 fully saturated rings. The third-order valence-electron chi connectivity index (χ3n) is 12.2. The molecule has 372 valence electrons. The molecule has 0 bridgehead atoms. The highest BCUT2D eigenvalue weighted by Gasteiger charge is 2.14. The predicted molar refractivity (Wildman–Crippen MR) is 273 cm³/mol. The maximum atomic E-state index is 12.8. The number of hydrogen-bond donors (Lipinski definition) is 0. The molecule has 0 amide bonds. The van der Waals surface area contributed by atoms with Crippen molar-refractivity contribution in [1.82, 2.24) is 15.0 Å². The number of nitrogens with zero attached hydrogens (tertiary/aromatic N) is 3. The predicted octanol–water partition coefficient (Wildman–Crippen LogP) is 15.2. The third-order valence-corrected chi connectivity index (χ3v) is 12.2. The van der Waals surface area contributed by atoms with Crippen LogP contribution in [0.5, 0.6) is 23.0 Å². The Balaban J connectivity index is 0.922. The van der Waals surface area contributed by atoms with Crippen LogP contribution in [-0.2, 0) is 11.3 Å². The Morgan fingerprint density at radius 2 is 0.739 bits per heavy atom. The van der Waals surface area contributed by atoms with Crippen LogP contribution in [0.25, 0.3) is 5.69 Å². The fourth-order valence-corrected chi connectivity index (χ4v) is 8.01. The van der Waals surface area contributed by atoms with Crippen molar-refractivity contribution < 1.29 is 38.1 Å². The average Bonchev–Trinajstić information content (AvgIpc) is 3.86. The van der Waals surface area contributed by atoms with Gasteiger partial charge in [-0.15, -0.1) is 5.10 Å². The highest BCUT2D eigenvalue weighted by molar-refractivity contribution is 5.92. The Morgan fingerprint density at radius 1 is 0.406 bits per heavy atom. The molecule has 0 saturated carbocycles. The lowest BCUT2D eigenvalue weighted by Crippen LogP contribution is -2.09. The van der Waals surface area contributed by atoms with E-state index in [1.165, 1.54) is 152 Å². The first-order valence-electron chi connectivity index (χ1n) is 26.1. The Bertz CT molecular complexity index is 2170. The zero-order valence-electron chi connectivity index (χ0n) is 41.5. The van der Waals surface area contributed by atoms with Crippen LogP contribution >= 0.6 is 0 Å². The maximum absolute atomic E-state index is 12.8. The molecule has 0 aliphatic rings. The lowest BCUT2D eigenvalue weighted by molar-refractivity contribution is 0.0467. The van der Waals surface area contributed by atoms with Crippen molar-refractivity contribution >= 4 is 17.9 Å². The number of rotatable bonds is 36. The molecule has 69 heavy (non-hydrogen) atoms. The van der Waals surface area contributed by atoms with Crippen molar-refractivity contribution in [1.29, 1.82) is 0 Å². The van der Waals surface area contributed by atoms with Crippen molar-refractivity contribution in [2.24, 2.45) is 0 Å². The molecule has 1 heterocycles. The van der Waals surface area contributed by atoms with Gasteiger partial charge < -0.3 is 23.7 Å². The smallest absolute Gasteiger partial charge is 0.343 e. The maximum Gasteiger partial charge on any atom is 0.343 e. The Kier molecular flexibility index (Phi) is 25.6. The molecule has 0 spiro atoms. The molecule has 0 unspecified atom stereocenters. The highest BCUT2D eigenvalue weighted by Crippen LogP contribution is 2.22. The summed E-state index contributed by atoms with van der Waals surface area (Å²) >= 11 is 0. The summed E-state index contributed by atoms with van der Waals surface area (Å²) in [4.78, 5) is 38.5. The largest absolute Gasteiger partial charge is 0.494 e. The topological polar surface area (TPSA) is 128 Å². The van der Waals surface area contributed by atoms with Gasteiger partial charge in [-0.1, -0.05) is 160 Å². The van der Waals surface area contributed by atoms with Crippen LogP contribution < -0.4 is 18.9 Å². The summed E-state index contributed by atoms with van der Waals surface area (Å²) in [6, 6.07) is 27.0. The van der Waals surface area contributed by atoms with E-state index in [4.69, 9.17) is 23.7 Å². The first-order chi connectivity index (χ1) is 33.9. The molecule has 11 nitrogen and oxygen atoms in total. The Morgan fingerprint density at radius 3 is 1.13 bits per heavy atom. The fraction of sp³-hybridized carbons (Fsp3) is 0.500. The van der Waals surface area contributed by atoms with Crippen LogP contribution in [0.4, 0.5) is 0 Å². The van der Waals surface area contributed by atoms with E-state index in [0.717, 1.165) is 30.8 Å². The molecule has 5 aromatic rings. The second-order valence-corrected chi connectivity index (χ2v) is 18.1. The van der Waals surface area contributed by atoms with Gasteiger partial charge in [-0.3, -0.25) is 0 Å². The number of carbonyl (C=O) groups is 3. The van der Waals surface area contributed by atoms with Gasteiger partial charge in [-0.25, -0.2) is 19.1 Å². The van der Waals surface area contributed by atoms with E-state index in [2.05, 4.69) is 24.2 Å². The number of esters is 3. The van der Waals surface area contributed by atoms with Gasteiger partial charge in [0.05, 0.1) is 41.8 Å². The minimum Gasteiger partial charge on any atom is -0.494 e. The SMILES string of the molecule is CCCCCCCCCCCCCCOc1ccc(C(=O)Oc2ccc(C(=O)OCc3cn(-c4ccc(OC(=O)c5ccc(OCCCCCCCCCCCCCC)cc5)cc4)nn3)cc2)cc1. The number of carbonyl (C=O) groups excluding carboxylic acids is 3. The summed E-state index contributed by atoms with van der Waals surface area (Å²) in [6.07, 6.45) is 32.8. The number of aromatic nitrogens is 3.